The van der Waals surface area contributed by atoms with E-state index in [1.807, 2.05) is 0 Å². The first-order chi connectivity index (χ1) is 4.20. The Labute approximate surface area is 54.5 Å². The number of hydrogen-bond acceptors (Lipinski definition) is 2. The van der Waals surface area contributed by atoms with Gasteiger partial charge >= 0.3 is 0 Å². The minimum atomic E-state index is -0.0904. The zero-order chi connectivity index (χ0) is 7.28. The molecule has 0 atom stereocenters. The molecule has 1 N–H and O–H groups in total. The van der Waals surface area contributed by atoms with Crippen molar-refractivity contribution in [2.75, 3.05) is 0 Å². The van der Waals surface area contributed by atoms with Gasteiger partial charge in [0.25, 0.3) is 0 Å². The van der Waals surface area contributed by atoms with E-state index in [1.165, 1.54) is 6.08 Å². The third-order valence-corrected chi connectivity index (χ3v) is 0.866. The fourth-order valence-electron chi connectivity index (χ4n) is 0.326. The van der Waals surface area contributed by atoms with E-state index in [9.17, 15) is 4.79 Å². The molecule has 0 bridgehead atoms. The molecule has 2 heteroatoms. The van der Waals surface area contributed by atoms with Gasteiger partial charge in [0.1, 0.15) is 5.76 Å². The second-order valence-corrected chi connectivity index (χ2v) is 1.59. The molecule has 0 rings (SSSR count). The molecule has 50 valence electrons. The van der Waals surface area contributed by atoms with Crippen LogP contribution in [0.3, 0.4) is 0 Å². The molecule has 0 unspecified atom stereocenters. The Morgan fingerprint density at radius 3 is 2.67 bits per heavy atom. The predicted molar refractivity (Wildman–Crippen MR) is 36.2 cm³/mol. The summed E-state index contributed by atoms with van der Waals surface area (Å²) in [6.45, 7) is 5.01. The van der Waals surface area contributed by atoms with Crippen LogP contribution in [0, 0.1) is 0 Å². The van der Waals surface area contributed by atoms with Crippen molar-refractivity contribution in [1.29, 1.82) is 0 Å². The first-order valence-electron chi connectivity index (χ1n) is 2.76. The van der Waals surface area contributed by atoms with Crippen molar-refractivity contribution < 1.29 is 9.90 Å². The highest BCUT2D eigenvalue weighted by molar-refractivity contribution is 5.89. The Kier molecular flexibility index (Phi) is 3.44. The molecule has 0 saturated carbocycles. The van der Waals surface area contributed by atoms with Crippen molar-refractivity contribution in [3.05, 3.63) is 24.5 Å². The highest BCUT2D eigenvalue weighted by Crippen LogP contribution is 1.90. The van der Waals surface area contributed by atoms with Gasteiger partial charge in [0.15, 0.2) is 5.78 Å². The van der Waals surface area contributed by atoms with Crippen molar-refractivity contribution in [3.8, 4) is 0 Å². The van der Waals surface area contributed by atoms with Crippen LogP contribution >= 0.6 is 0 Å². The zero-order valence-corrected chi connectivity index (χ0v) is 5.42. The third kappa shape index (κ3) is 3.53. The van der Waals surface area contributed by atoms with Crippen molar-refractivity contribution in [1.82, 2.24) is 0 Å². The maximum absolute atomic E-state index is 10.5. The van der Waals surface area contributed by atoms with Crippen LogP contribution in [0.25, 0.3) is 0 Å². The third-order valence-electron chi connectivity index (χ3n) is 0.866. The lowest BCUT2D eigenvalue weighted by Gasteiger charge is -1.86. The molecule has 0 heterocycles. The fraction of sp³-hybridized carbons (Fsp3) is 0.286. The zero-order valence-electron chi connectivity index (χ0n) is 5.42. The van der Waals surface area contributed by atoms with Crippen LogP contribution in [0.15, 0.2) is 24.5 Å². The van der Waals surface area contributed by atoms with Gasteiger partial charge in [0, 0.05) is 12.5 Å². The van der Waals surface area contributed by atoms with Gasteiger partial charge in [-0.2, -0.15) is 0 Å². The Balaban J connectivity index is 3.94. The van der Waals surface area contributed by atoms with Crippen molar-refractivity contribution >= 4 is 5.78 Å². The van der Waals surface area contributed by atoms with Gasteiger partial charge in [0.05, 0.1) is 0 Å². The summed E-state index contributed by atoms with van der Waals surface area (Å²) in [6, 6.07) is 0. The normalized spacial score (nSPS) is 11.0. The molecule has 9 heavy (non-hydrogen) atoms. The van der Waals surface area contributed by atoms with E-state index in [0.717, 1.165) is 6.08 Å². The van der Waals surface area contributed by atoms with E-state index < -0.39 is 0 Å². The molecule has 0 fully saturated rings. The average Bonchev–Trinajstić information content (AvgIpc) is 1.87. The number of carbonyl (C=O) groups is 1. The molecule has 0 aromatic heterocycles. The molecule has 0 aromatic carbocycles. The monoisotopic (exact) mass is 126 g/mol. The lowest BCUT2D eigenvalue weighted by Crippen LogP contribution is -1.89. The maximum atomic E-state index is 10.5. The van der Waals surface area contributed by atoms with Crippen LogP contribution < -0.4 is 0 Å². The Hall–Kier alpha value is -1.05. The second-order valence-electron chi connectivity index (χ2n) is 1.59. The summed E-state index contributed by atoms with van der Waals surface area (Å²) in [7, 11) is 0. The van der Waals surface area contributed by atoms with Crippen LogP contribution in [0.1, 0.15) is 13.3 Å². The van der Waals surface area contributed by atoms with Gasteiger partial charge in [-0.3, -0.25) is 4.79 Å². The minimum absolute atomic E-state index is 0.0677. The highest BCUT2D eigenvalue weighted by atomic mass is 16.3. The van der Waals surface area contributed by atoms with E-state index in [-0.39, 0.29) is 11.5 Å². The summed E-state index contributed by atoms with van der Waals surface area (Å²) in [5, 5.41) is 8.68. The summed E-state index contributed by atoms with van der Waals surface area (Å²) >= 11 is 0. The van der Waals surface area contributed by atoms with E-state index in [0.29, 0.717) is 6.42 Å². The molecule has 0 aliphatic rings. The van der Waals surface area contributed by atoms with Gasteiger partial charge in [-0.15, -0.1) is 0 Å². The van der Waals surface area contributed by atoms with E-state index in [4.69, 9.17) is 5.11 Å². The number of aliphatic hydroxyl groups is 1. The van der Waals surface area contributed by atoms with E-state index in [2.05, 4.69) is 6.58 Å². The van der Waals surface area contributed by atoms with Gasteiger partial charge < -0.3 is 5.11 Å². The molecule has 2 nitrogen and oxygen atoms in total. The Bertz CT molecular complexity index is 145. The van der Waals surface area contributed by atoms with Crippen LogP contribution in [-0.4, -0.2) is 10.9 Å². The summed E-state index contributed by atoms with van der Waals surface area (Å²) < 4.78 is 0. The topological polar surface area (TPSA) is 37.3 Å². The summed E-state index contributed by atoms with van der Waals surface area (Å²) in [4.78, 5) is 10.5. The minimum Gasteiger partial charge on any atom is -0.508 e. The SMILES string of the molecule is C=CC(O)=CC(=O)CC. The number of ketones is 1. The largest absolute Gasteiger partial charge is 0.508 e. The molecule has 0 radical (unpaired) electrons. The van der Waals surface area contributed by atoms with Crippen LogP contribution in [-0.2, 0) is 4.79 Å². The second kappa shape index (κ2) is 3.89. The van der Waals surface area contributed by atoms with Gasteiger partial charge in [-0.25, -0.2) is 0 Å². The number of allylic oxidation sites excluding steroid dienone is 2. The lowest BCUT2D eigenvalue weighted by molar-refractivity contribution is -0.114. The molecule has 0 saturated heterocycles. The van der Waals surface area contributed by atoms with Crippen molar-refractivity contribution in [2.45, 2.75) is 13.3 Å². The standard InChI is InChI=1S/C7H10O2/c1-3-6(8)5-7(9)4-2/h3,5,8H,1,4H2,2H3. The summed E-state index contributed by atoms with van der Waals surface area (Å²) in [5.74, 6) is -0.158. The average molecular weight is 126 g/mol. The molecular weight excluding hydrogens is 116 g/mol. The maximum Gasteiger partial charge on any atom is 0.159 e. The van der Waals surface area contributed by atoms with Gasteiger partial charge in [-0.05, 0) is 6.08 Å². The fourth-order valence-corrected chi connectivity index (χ4v) is 0.326. The van der Waals surface area contributed by atoms with Crippen LogP contribution in [0.5, 0.6) is 0 Å². The molecule has 0 spiro atoms. The first-order valence-corrected chi connectivity index (χ1v) is 2.76. The van der Waals surface area contributed by atoms with Crippen molar-refractivity contribution in [3.63, 3.8) is 0 Å². The summed E-state index contributed by atoms with van der Waals surface area (Å²) in [5.41, 5.74) is 0. The number of hydrogen-bond donors (Lipinski definition) is 1. The smallest absolute Gasteiger partial charge is 0.159 e. The molecular formula is C7H10O2. The van der Waals surface area contributed by atoms with Gasteiger partial charge in [-0.1, -0.05) is 13.5 Å². The molecule has 0 aliphatic carbocycles. The number of carbonyl (C=O) groups excluding carboxylic acids is 1. The van der Waals surface area contributed by atoms with Crippen LogP contribution in [0.4, 0.5) is 0 Å². The first kappa shape index (κ1) is 7.95. The van der Waals surface area contributed by atoms with E-state index in [1.54, 1.807) is 6.92 Å². The summed E-state index contributed by atoms with van der Waals surface area (Å²) in [6.07, 6.45) is 2.80. The molecule has 0 aromatic rings. The van der Waals surface area contributed by atoms with E-state index >= 15 is 0 Å². The highest BCUT2D eigenvalue weighted by Gasteiger charge is 1.91. The van der Waals surface area contributed by atoms with Crippen LogP contribution in [0.2, 0.25) is 0 Å². The Morgan fingerprint density at radius 1 is 1.78 bits per heavy atom. The predicted octanol–water partition coefficient (Wildman–Crippen LogP) is 1.59. The van der Waals surface area contributed by atoms with Gasteiger partial charge in [0.2, 0.25) is 0 Å². The Morgan fingerprint density at radius 2 is 2.33 bits per heavy atom. The lowest BCUT2D eigenvalue weighted by atomic mass is 10.3. The quantitative estimate of drug-likeness (QED) is 0.354. The molecule has 0 aliphatic heterocycles. The molecule has 0 amide bonds. The van der Waals surface area contributed by atoms with Crippen molar-refractivity contribution in [2.24, 2.45) is 0 Å². The number of rotatable bonds is 3. The number of aliphatic hydroxyl groups excluding tert-OH is 1.